The molecule has 0 unspecified atom stereocenters. The van der Waals surface area contributed by atoms with Crippen LogP contribution in [0.4, 0.5) is 13.2 Å². The van der Waals surface area contributed by atoms with Gasteiger partial charge in [0.25, 0.3) is 0 Å². The van der Waals surface area contributed by atoms with E-state index in [4.69, 9.17) is 0 Å². The Morgan fingerprint density at radius 2 is 2.11 bits per heavy atom. The van der Waals surface area contributed by atoms with E-state index in [9.17, 15) is 13.2 Å². The highest BCUT2D eigenvalue weighted by molar-refractivity contribution is 5.41. The monoisotopic (exact) mass is 256 g/mol. The van der Waals surface area contributed by atoms with E-state index in [0.717, 1.165) is 6.07 Å². The molecule has 1 aromatic heterocycles. The number of hydrogen-bond acceptors (Lipinski definition) is 3. The Morgan fingerprint density at radius 3 is 2.67 bits per heavy atom. The molecule has 7 heteroatoms. The third kappa shape index (κ3) is 2.51. The molecular weight excluding hydrogens is 245 g/mol. The van der Waals surface area contributed by atoms with Gasteiger partial charge in [-0.1, -0.05) is 6.07 Å². The summed E-state index contributed by atoms with van der Waals surface area (Å²) in [6.45, 7) is 0.159. The fourth-order valence-electron chi connectivity index (χ4n) is 1.66. The minimum Gasteiger partial charge on any atom is -0.316 e. The Balaban J connectivity index is 2.49. The third-order valence-electron chi connectivity index (χ3n) is 2.45. The van der Waals surface area contributed by atoms with Crippen LogP contribution >= 0.6 is 0 Å². The molecule has 0 fully saturated rings. The smallest absolute Gasteiger partial charge is 0.316 e. The first-order valence-corrected chi connectivity index (χ1v) is 5.22. The predicted octanol–water partition coefficient (Wildman–Crippen LogP) is 2.01. The molecule has 18 heavy (non-hydrogen) atoms. The molecular formula is C11H11F3N4. The maximum Gasteiger partial charge on any atom is 0.416 e. The van der Waals surface area contributed by atoms with Crippen LogP contribution < -0.4 is 5.32 Å². The number of nitrogens with one attached hydrogen (secondary N) is 1. The van der Waals surface area contributed by atoms with Crippen molar-refractivity contribution in [1.29, 1.82) is 0 Å². The largest absolute Gasteiger partial charge is 0.416 e. The van der Waals surface area contributed by atoms with E-state index in [2.05, 4.69) is 15.4 Å². The number of benzene rings is 1. The van der Waals surface area contributed by atoms with Crippen molar-refractivity contribution in [1.82, 2.24) is 20.1 Å². The van der Waals surface area contributed by atoms with Gasteiger partial charge in [-0.05, 0) is 24.7 Å². The normalized spacial score (nSPS) is 11.8. The van der Waals surface area contributed by atoms with Crippen molar-refractivity contribution in [2.45, 2.75) is 12.7 Å². The van der Waals surface area contributed by atoms with Crippen molar-refractivity contribution in [3.8, 4) is 5.69 Å². The number of halogens is 3. The number of nitrogens with zero attached hydrogens (tertiary/aromatic N) is 3. The van der Waals surface area contributed by atoms with Gasteiger partial charge in [-0.25, -0.2) is 9.67 Å². The van der Waals surface area contributed by atoms with Crippen molar-refractivity contribution >= 4 is 0 Å². The van der Waals surface area contributed by atoms with Crippen LogP contribution in [-0.4, -0.2) is 21.8 Å². The van der Waals surface area contributed by atoms with Crippen LogP contribution in [-0.2, 0) is 12.7 Å². The van der Waals surface area contributed by atoms with Crippen LogP contribution in [0.3, 0.4) is 0 Å². The minimum atomic E-state index is -4.39. The summed E-state index contributed by atoms with van der Waals surface area (Å²) in [4.78, 5) is 3.71. The topological polar surface area (TPSA) is 42.7 Å². The molecule has 0 saturated carbocycles. The first-order valence-electron chi connectivity index (χ1n) is 5.22. The van der Waals surface area contributed by atoms with E-state index in [0.29, 0.717) is 5.69 Å². The zero-order chi connectivity index (χ0) is 13.2. The van der Waals surface area contributed by atoms with Crippen molar-refractivity contribution in [3.63, 3.8) is 0 Å². The minimum absolute atomic E-state index is 0.159. The molecule has 0 spiro atoms. The van der Waals surface area contributed by atoms with Gasteiger partial charge >= 0.3 is 6.18 Å². The number of rotatable bonds is 3. The number of alkyl halides is 3. The van der Waals surface area contributed by atoms with Gasteiger partial charge in [0.15, 0.2) is 0 Å². The van der Waals surface area contributed by atoms with Crippen molar-refractivity contribution in [2.24, 2.45) is 0 Å². The zero-order valence-electron chi connectivity index (χ0n) is 9.57. The number of aromatic nitrogens is 3. The van der Waals surface area contributed by atoms with E-state index in [-0.39, 0.29) is 12.1 Å². The van der Waals surface area contributed by atoms with Gasteiger partial charge in [0.1, 0.15) is 12.7 Å². The van der Waals surface area contributed by atoms with Crippen LogP contribution in [0.25, 0.3) is 5.69 Å². The zero-order valence-corrected chi connectivity index (χ0v) is 9.57. The lowest BCUT2D eigenvalue weighted by atomic mass is 10.1. The molecule has 0 atom stereocenters. The summed E-state index contributed by atoms with van der Waals surface area (Å²) in [5.74, 6) is 0. The second-order valence-electron chi connectivity index (χ2n) is 3.71. The highest BCUT2D eigenvalue weighted by atomic mass is 19.4. The summed E-state index contributed by atoms with van der Waals surface area (Å²) < 4.78 is 40.1. The SMILES string of the molecule is CNCc1ccc(-n2cncn2)cc1C(F)(F)F. The van der Waals surface area contributed by atoms with Gasteiger partial charge < -0.3 is 5.32 Å². The summed E-state index contributed by atoms with van der Waals surface area (Å²) in [6.07, 6.45) is -1.76. The third-order valence-corrected chi connectivity index (χ3v) is 2.45. The van der Waals surface area contributed by atoms with Gasteiger partial charge in [-0.3, -0.25) is 0 Å². The molecule has 4 nitrogen and oxygen atoms in total. The fraction of sp³-hybridized carbons (Fsp3) is 0.273. The van der Waals surface area contributed by atoms with Crippen LogP contribution in [0, 0.1) is 0 Å². The van der Waals surface area contributed by atoms with Crippen LogP contribution in [0.2, 0.25) is 0 Å². The first kappa shape index (κ1) is 12.6. The second kappa shape index (κ2) is 4.77. The maximum absolute atomic E-state index is 12.9. The summed E-state index contributed by atoms with van der Waals surface area (Å²) in [5, 5.41) is 6.52. The average Bonchev–Trinajstić information content (AvgIpc) is 2.82. The summed E-state index contributed by atoms with van der Waals surface area (Å²) in [6, 6.07) is 4.09. The van der Waals surface area contributed by atoms with Crippen molar-refractivity contribution < 1.29 is 13.2 Å². The molecule has 2 rings (SSSR count). The first-order chi connectivity index (χ1) is 8.52. The highest BCUT2D eigenvalue weighted by Gasteiger charge is 2.33. The van der Waals surface area contributed by atoms with Gasteiger partial charge in [0, 0.05) is 6.54 Å². The van der Waals surface area contributed by atoms with Gasteiger partial charge in [0.2, 0.25) is 0 Å². The van der Waals surface area contributed by atoms with Gasteiger partial charge in [-0.15, -0.1) is 0 Å². The molecule has 0 radical (unpaired) electrons. The quantitative estimate of drug-likeness (QED) is 0.913. The van der Waals surface area contributed by atoms with Crippen LogP contribution in [0.1, 0.15) is 11.1 Å². The Bertz CT molecular complexity index is 520. The molecule has 0 bridgehead atoms. The number of hydrogen-bond donors (Lipinski definition) is 1. The standard InChI is InChI=1S/C11H11F3N4/c1-15-5-8-2-3-9(18-7-16-6-17-18)4-10(8)11(12,13)14/h2-4,6-7,15H,5H2,1H3. The molecule has 0 aliphatic heterocycles. The molecule has 1 heterocycles. The Labute approximate surface area is 101 Å². The molecule has 1 aromatic carbocycles. The molecule has 2 aromatic rings. The van der Waals surface area contributed by atoms with Crippen LogP contribution in [0.5, 0.6) is 0 Å². The maximum atomic E-state index is 12.9. The molecule has 0 aliphatic rings. The van der Waals surface area contributed by atoms with E-state index in [1.54, 1.807) is 13.1 Å². The Hall–Kier alpha value is -1.89. The van der Waals surface area contributed by atoms with E-state index in [1.807, 2.05) is 0 Å². The lowest BCUT2D eigenvalue weighted by Gasteiger charge is -2.14. The molecule has 96 valence electrons. The summed E-state index contributed by atoms with van der Waals surface area (Å²) in [7, 11) is 1.60. The fourth-order valence-corrected chi connectivity index (χ4v) is 1.66. The average molecular weight is 256 g/mol. The Kier molecular flexibility index (Phi) is 3.33. The van der Waals surface area contributed by atoms with Gasteiger partial charge in [-0.2, -0.15) is 18.3 Å². The lowest BCUT2D eigenvalue weighted by molar-refractivity contribution is -0.138. The van der Waals surface area contributed by atoms with E-state index < -0.39 is 11.7 Å². The van der Waals surface area contributed by atoms with E-state index in [1.165, 1.54) is 23.4 Å². The summed E-state index contributed by atoms with van der Waals surface area (Å²) >= 11 is 0. The molecule has 1 N–H and O–H groups in total. The van der Waals surface area contributed by atoms with Crippen LogP contribution in [0.15, 0.2) is 30.9 Å². The second-order valence-corrected chi connectivity index (χ2v) is 3.71. The highest BCUT2D eigenvalue weighted by Crippen LogP contribution is 2.33. The van der Waals surface area contributed by atoms with Gasteiger partial charge in [0.05, 0.1) is 11.3 Å². The molecule has 0 aliphatic carbocycles. The lowest BCUT2D eigenvalue weighted by Crippen LogP contribution is -2.15. The molecule has 0 saturated heterocycles. The van der Waals surface area contributed by atoms with Crippen molar-refractivity contribution in [3.05, 3.63) is 42.0 Å². The predicted molar refractivity (Wildman–Crippen MR) is 59.1 cm³/mol. The van der Waals surface area contributed by atoms with Crippen molar-refractivity contribution in [2.75, 3.05) is 7.05 Å². The Morgan fingerprint density at radius 1 is 1.33 bits per heavy atom. The summed E-state index contributed by atoms with van der Waals surface area (Å²) in [5.41, 5.74) is -0.126. The van der Waals surface area contributed by atoms with E-state index >= 15 is 0 Å². The molecule has 0 amide bonds.